The van der Waals surface area contributed by atoms with Gasteiger partial charge in [-0.05, 0) is 20.8 Å². The smallest absolute Gasteiger partial charge is 0.234 e. The molecule has 0 spiro atoms. The van der Waals surface area contributed by atoms with Crippen LogP contribution in [0.3, 0.4) is 0 Å². The number of rotatable bonds is 7. The molecule has 1 aromatic heterocycles. The van der Waals surface area contributed by atoms with Gasteiger partial charge < -0.3 is 15.0 Å². The first-order chi connectivity index (χ1) is 14.2. The summed E-state index contributed by atoms with van der Waals surface area (Å²) in [6, 6.07) is 2.06. The lowest BCUT2D eigenvalue weighted by molar-refractivity contribution is -0.123. The standard InChI is InChI=1S/C22H38N6O2/c1-17(2)21-24-18(3)14-19(25-21)27-8-6-26(7-9-27)15-20(29)23-16-22(4,5)28-10-12-30-13-11-28/h14,17H,6-13,15-16H2,1-5H3,(H,23,29). The lowest BCUT2D eigenvalue weighted by Gasteiger charge is -2.41. The summed E-state index contributed by atoms with van der Waals surface area (Å²) < 4.78 is 5.44. The van der Waals surface area contributed by atoms with Crippen LogP contribution in [0.15, 0.2) is 6.07 Å². The first-order valence-electron chi connectivity index (χ1n) is 11.2. The molecule has 168 valence electrons. The van der Waals surface area contributed by atoms with Gasteiger partial charge in [0.1, 0.15) is 11.6 Å². The number of aryl methyl sites for hydroxylation is 1. The number of hydrogen-bond donors (Lipinski definition) is 1. The van der Waals surface area contributed by atoms with Crippen molar-refractivity contribution in [3.63, 3.8) is 0 Å². The lowest BCUT2D eigenvalue weighted by atomic mass is 10.0. The largest absolute Gasteiger partial charge is 0.379 e. The topological polar surface area (TPSA) is 73.8 Å². The Morgan fingerprint density at radius 2 is 1.80 bits per heavy atom. The molecular formula is C22H38N6O2. The van der Waals surface area contributed by atoms with Crippen molar-refractivity contribution in [2.75, 3.05) is 70.5 Å². The summed E-state index contributed by atoms with van der Waals surface area (Å²) >= 11 is 0. The second-order valence-corrected chi connectivity index (χ2v) is 9.33. The zero-order chi connectivity index (χ0) is 21.7. The third kappa shape index (κ3) is 6.12. The van der Waals surface area contributed by atoms with Crippen LogP contribution in [0.2, 0.25) is 0 Å². The molecule has 3 heterocycles. The highest BCUT2D eigenvalue weighted by atomic mass is 16.5. The number of amides is 1. The van der Waals surface area contributed by atoms with Crippen molar-refractivity contribution in [1.82, 2.24) is 25.1 Å². The summed E-state index contributed by atoms with van der Waals surface area (Å²) in [5, 5.41) is 3.14. The second-order valence-electron chi connectivity index (χ2n) is 9.33. The minimum absolute atomic E-state index is 0.0584. The number of anilines is 1. The van der Waals surface area contributed by atoms with Crippen LogP contribution in [0.4, 0.5) is 5.82 Å². The predicted octanol–water partition coefficient (Wildman–Crippen LogP) is 1.26. The Morgan fingerprint density at radius 3 is 2.43 bits per heavy atom. The molecule has 0 aliphatic carbocycles. The zero-order valence-corrected chi connectivity index (χ0v) is 19.3. The average Bonchev–Trinajstić information content (AvgIpc) is 2.73. The highest BCUT2D eigenvalue weighted by Gasteiger charge is 2.29. The van der Waals surface area contributed by atoms with E-state index in [0.29, 0.717) is 19.0 Å². The van der Waals surface area contributed by atoms with Gasteiger partial charge in [-0.1, -0.05) is 13.8 Å². The van der Waals surface area contributed by atoms with Crippen molar-refractivity contribution in [2.24, 2.45) is 0 Å². The molecule has 3 rings (SSSR count). The number of nitrogens with one attached hydrogen (secondary N) is 1. The van der Waals surface area contributed by atoms with E-state index in [0.717, 1.165) is 69.8 Å². The van der Waals surface area contributed by atoms with Gasteiger partial charge in [0.15, 0.2) is 0 Å². The van der Waals surface area contributed by atoms with Gasteiger partial charge in [-0.15, -0.1) is 0 Å². The van der Waals surface area contributed by atoms with Gasteiger partial charge in [-0.2, -0.15) is 0 Å². The second kappa shape index (κ2) is 10.0. The molecule has 0 bridgehead atoms. The monoisotopic (exact) mass is 418 g/mol. The molecule has 1 amide bonds. The quantitative estimate of drug-likeness (QED) is 0.714. The predicted molar refractivity (Wildman–Crippen MR) is 119 cm³/mol. The average molecular weight is 419 g/mol. The molecule has 0 atom stereocenters. The number of ether oxygens (including phenoxy) is 1. The van der Waals surface area contributed by atoms with Crippen molar-refractivity contribution < 1.29 is 9.53 Å². The maximum absolute atomic E-state index is 12.5. The minimum atomic E-state index is -0.0584. The van der Waals surface area contributed by atoms with Gasteiger partial charge in [-0.3, -0.25) is 14.6 Å². The van der Waals surface area contributed by atoms with E-state index in [1.165, 1.54) is 0 Å². The fourth-order valence-corrected chi connectivity index (χ4v) is 3.98. The van der Waals surface area contributed by atoms with Crippen LogP contribution in [0.5, 0.6) is 0 Å². The van der Waals surface area contributed by atoms with E-state index in [4.69, 9.17) is 9.72 Å². The Labute approximate surface area is 181 Å². The fraction of sp³-hybridized carbons (Fsp3) is 0.773. The minimum Gasteiger partial charge on any atom is -0.379 e. The summed E-state index contributed by atoms with van der Waals surface area (Å²) in [6.45, 7) is 18.6. The van der Waals surface area contributed by atoms with Crippen LogP contribution < -0.4 is 10.2 Å². The van der Waals surface area contributed by atoms with Crippen LogP contribution in [-0.2, 0) is 9.53 Å². The van der Waals surface area contributed by atoms with E-state index in [1.54, 1.807) is 0 Å². The number of morpholine rings is 1. The van der Waals surface area contributed by atoms with Gasteiger partial charge in [0, 0.05) is 69.0 Å². The van der Waals surface area contributed by atoms with E-state index in [1.807, 2.05) is 6.92 Å². The molecule has 2 fully saturated rings. The SMILES string of the molecule is Cc1cc(N2CCN(CC(=O)NCC(C)(C)N3CCOCC3)CC2)nc(C(C)C)n1. The van der Waals surface area contributed by atoms with Crippen molar-refractivity contribution >= 4 is 11.7 Å². The normalized spacial score (nSPS) is 19.3. The molecule has 2 aliphatic rings. The summed E-state index contributed by atoms with van der Waals surface area (Å²) in [7, 11) is 0. The molecule has 2 saturated heterocycles. The fourth-order valence-electron chi connectivity index (χ4n) is 3.98. The lowest BCUT2D eigenvalue weighted by Crippen LogP contribution is -2.56. The molecule has 0 saturated carbocycles. The highest BCUT2D eigenvalue weighted by Crippen LogP contribution is 2.19. The maximum atomic E-state index is 12.5. The molecule has 0 unspecified atom stereocenters. The Bertz CT molecular complexity index is 710. The van der Waals surface area contributed by atoms with Gasteiger partial charge in [0.25, 0.3) is 0 Å². The van der Waals surface area contributed by atoms with E-state index in [-0.39, 0.29) is 11.4 Å². The summed E-state index contributed by atoms with van der Waals surface area (Å²) in [6.07, 6.45) is 0. The van der Waals surface area contributed by atoms with E-state index >= 15 is 0 Å². The third-order valence-electron chi connectivity index (χ3n) is 6.02. The Balaban J connectivity index is 1.45. The van der Waals surface area contributed by atoms with Crippen molar-refractivity contribution in [3.05, 3.63) is 17.6 Å². The van der Waals surface area contributed by atoms with Gasteiger partial charge in [0.05, 0.1) is 19.8 Å². The van der Waals surface area contributed by atoms with Crippen LogP contribution in [0.1, 0.15) is 45.1 Å². The van der Waals surface area contributed by atoms with Crippen LogP contribution >= 0.6 is 0 Å². The van der Waals surface area contributed by atoms with Crippen molar-refractivity contribution in [2.45, 2.75) is 46.1 Å². The number of aromatic nitrogens is 2. The summed E-state index contributed by atoms with van der Waals surface area (Å²) in [5.74, 6) is 2.32. The Hall–Kier alpha value is -1.77. The van der Waals surface area contributed by atoms with Crippen LogP contribution in [-0.4, -0.2) is 96.8 Å². The molecular weight excluding hydrogens is 380 g/mol. The molecule has 30 heavy (non-hydrogen) atoms. The molecule has 0 radical (unpaired) electrons. The van der Waals surface area contributed by atoms with Gasteiger partial charge >= 0.3 is 0 Å². The Kier molecular flexibility index (Phi) is 7.65. The highest BCUT2D eigenvalue weighted by molar-refractivity contribution is 5.78. The Morgan fingerprint density at radius 1 is 1.13 bits per heavy atom. The first-order valence-corrected chi connectivity index (χ1v) is 11.2. The van der Waals surface area contributed by atoms with Crippen LogP contribution in [0.25, 0.3) is 0 Å². The van der Waals surface area contributed by atoms with E-state index in [2.05, 4.69) is 58.8 Å². The van der Waals surface area contributed by atoms with Gasteiger partial charge in [-0.25, -0.2) is 9.97 Å². The van der Waals surface area contributed by atoms with Crippen molar-refractivity contribution in [3.8, 4) is 0 Å². The molecule has 1 N–H and O–H groups in total. The van der Waals surface area contributed by atoms with Gasteiger partial charge in [0.2, 0.25) is 5.91 Å². The maximum Gasteiger partial charge on any atom is 0.234 e. The number of hydrogen-bond acceptors (Lipinski definition) is 7. The number of carbonyl (C=O) groups excluding carboxylic acids is 1. The summed E-state index contributed by atoms with van der Waals surface area (Å²) in [5.41, 5.74) is 0.949. The van der Waals surface area contributed by atoms with E-state index in [9.17, 15) is 4.79 Å². The zero-order valence-electron chi connectivity index (χ0n) is 19.3. The van der Waals surface area contributed by atoms with E-state index < -0.39 is 0 Å². The third-order valence-corrected chi connectivity index (χ3v) is 6.02. The van der Waals surface area contributed by atoms with Crippen LogP contribution in [0, 0.1) is 6.92 Å². The summed E-state index contributed by atoms with van der Waals surface area (Å²) in [4.78, 5) is 28.7. The number of piperazine rings is 1. The number of carbonyl (C=O) groups is 1. The first kappa shape index (κ1) is 22.9. The molecule has 8 nitrogen and oxygen atoms in total. The molecule has 0 aromatic carbocycles. The molecule has 1 aromatic rings. The number of nitrogens with zero attached hydrogens (tertiary/aromatic N) is 5. The molecule has 8 heteroatoms. The molecule has 2 aliphatic heterocycles. The van der Waals surface area contributed by atoms with Crippen molar-refractivity contribution in [1.29, 1.82) is 0 Å².